The first-order chi connectivity index (χ1) is 6.79. The van der Waals surface area contributed by atoms with Gasteiger partial charge in [-0.3, -0.25) is 10.1 Å². The Morgan fingerprint density at radius 3 is 3.14 bits per heavy atom. The van der Waals surface area contributed by atoms with E-state index in [0.29, 0.717) is 13.2 Å². The molecule has 4 nitrogen and oxygen atoms in total. The van der Waals surface area contributed by atoms with Gasteiger partial charge < -0.3 is 9.64 Å². The Kier molecular flexibility index (Phi) is 3.30. The summed E-state index contributed by atoms with van der Waals surface area (Å²) in [6.07, 6.45) is 0. The molecule has 2 aliphatic rings. The fourth-order valence-corrected chi connectivity index (χ4v) is 2.74. The number of amides is 1. The van der Waals surface area contributed by atoms with Crippen molar-refractivity contribution in [2.45, 2.75) is 19.0 Å². The van der Waals surface area contributed by atoms with Crippen LogP contribution in [0.5, 0.6) is 0 Å². The third kappa shape index (κ3) is 2.04. The van der Waals surface area contributed by atoms with Crippen molar-refractivity contribution in [2.24, 2.45) is 0 Å². The fourth-order valence-electron chi connectivity index (χ4n) is 1.81. The maximum absolute atomic E-state index is 12.0. The van der Waals surface area contributed by atoms with Crippen molar-refractivity contribution in [1.82, 2.24) is 10.2 Å². The molecule has 2 rings (SSSR count). The minimum Gasteiger partial charge on any atom is -0.377 e. The number of carbonyl (C=O) groups is 1. The maximum Gasteiger partial charge on any atom is 0.240 e. The highest BCUT2D eigenvalue weighted by atomic mass is 32.2. The van der Waals surface area contributed by atoms with Crippen LogP contribution in [0, 0.1) is 0 Å². The number of ether oxygens (including phenoxy) is 1. The van der Waals surface area contributed by atoms with Gasteiger partial charge >= 0.3 is 0 Å². The summed E-state index contributed by atoms with van der Waals surface area (Å²) in [5, 5.41) is 3.21. The summed E-state index contributed by atoms with van der Waals surface area (Å²) in [4.78, 5) is 13.9. The zero-order valence-electron chi connectivity index (χ0n) is 8.36. The van der Waals surface area contributed by atoms with Crippen molar-refractivity contribution >= 4 is 17.7 Å². The lowest BCUT2D eigenvalue weighted by Gasteiger charge is -2.34. The molecule has 0 aliphatic carbocycles. The van der Waals surface area contributed by atoms with Crippen molar-refractivity contribution in [3.05, 3.63) is 0 Å². The molecule has 80 valence electrons. The summed E-state index contributed by atoms with van der Waals surface area (Å²) in [6, 6.07) is 0.254. The summed E-state index contributed by atoms with van der Waals surface area (Å²) >= 11 is 1.79. The van der Waals surface area contributed by atoms with Gasteiger partial charge in [0.1, 0.15) is 0 Å². The van der Waals surface area contributed by atoms with Crippen LogP contribution < -0.4 is 5.32 Å². The molecule has 2 heterocycles. The first-order valence-electron chi connectivity index (χ1n) is 4.98. The van der Waals surface area contributed by atoms with E-state index in [4.69, 9.17) is 4.74 Å². The average Bonchev–Trinajstić information content (AvgIpc) is 2.70. The number of carbonyl (C=O) groups excluding carboxylic acids is 1. The number of thioether (sulfide) groups is 1. The molecule has 5 heteroatoms. The zero-order valence-corrected chi connectivity index (χ0v) is 9.18. The lowest BCUT2D eigenvalue weighted by Crippen LogP contribution is -2.53. The van der Waals surface area contributed by atoms with Gasteiger partial charge in [0.25, 0.3) is 0 Å². The molecular formula is C9H16N2O2S. The summed E-state index contributed by atoms with van der Waals surface area (Å²) in [5.74, 6) is 2.05. The van der Waals surface area contributed by atoms with E-state index in [1.807, 2.05) is 11.8 Å². The van der Waals surface area contributed by atoms with E-state index >= 15 is 0 Å². The molecule has 1 N–H and O–H groups in total. The molecule has 0 aromatic heterocycles. The lowest BCUT2D eigenvalue weighted by atomic mass is 10.2. The topological polar surface area (TPSA) is 41.6 Å². The van der Waals surface area contributed by atoms with E-state index in [9.17, 15) is 4.79 Å². The molecular weight excluding hydrogens is 200 g/mol. The van der Waals surface area contributed by atoms with Gasteiger partial charge in [-0.05, 0) is 6.92 Å². The Morgan fingerprint density at radius 1 is 1.64 bits per heavy atom. The number of nitrogens with one attached hydrogen (secondary N) is 1. The van der Waals surface area contributed by atoms with E-state index in [-0.39, 0.29) is 18.0 Å². The van der Waals surface area contributed by atoms with Gasteiger partial charge in [-0.15, -0.1) is 11.8 Å². The highest BCUT2D eigenvalue weighted by Crippen LogP contribution is 2.15. The Labute approximate surface area is 88.4 Å². The van der Waals surface area contributed by atoms with Gasteiger partial charge in [0.15, 0.2) is 0 Å². The van der Waals surface area contributed by atoms with Crippen LogP contribution in [0.1, 0.15) is 6.92 Å². The van der Waals surface area contributed by atoms with Crippen molar-refractivity contribution in [3.8, 4) is 0 Å². The number of nitrogens with zero attached hydrogens (tertiary/aromatic N) is 1. The average molecular weight is 216 g/mol. The van der Waals surface area contributed by atoms with Crippen molar-refractivity contribution < 1.29 is 9.53 Å². The van der Waals surface area contributed by atoms with Gasteiger partial charge in [0.05, 0.1) is 25.3 Å². The first-order valence-corrected chi connectivity index (χ1v) is 6.14. The van der Waals surface area contributed by atoms with Crippen LogP contribution in [0.15, 0.2) is 0 Å². The Morgan fingerprint density at radius 2 is 2.50 bits per heavy atom. The van der Waals surface area contributed by atoms with E-state index in [1.54, 1.807) is 11.8 Å². The lowest BCUT2D eigenvalue weighted by molar-refractivity contribution is -0.140. The van der Waals surface area contributed by atoms with E-state index < -0.39 is 0 Å². The second kappa shape index (κ2) is 4.51. The highest BCUT2D eigenvalue weighted by Gasteiger charge is 2.31. The van der Waals surface area contributed by atoms with Gasteiger partial charge in [0, 0.05) is 18.2 Å². The maximum atomic E-state index is 12.0. The largest absolute Gasteiger partial charge is 0.377 e. The van der Waals surface area contributed by atoms with Crippen LogP contribution in [0.3, 0.4) is 0 Å². The molecule has 2 saturated heterocycles. The van der Waals surface area contributed by atoms with Crippen LogP contribution in [0.25, 0.3) is 0 Å². The van der Waals surface area contributed by atoms with Gasteiger partial charge in [-0.2, -0.15) is 0 Å². The molecule has 0 spiro atoms. The van der Waals surface area contributed by atoms with Crippen molar-refractivity contribution in [1.29, 1.82) is 0 Å². The predicted molar refractivity (Wildman–Crippen MR) is 56.2 cm³/mol. The highest BCUT2D eigenvalue weighted by molar-refractivity contribution is 7.99. The van der Waals surface area contributed by atoms with E-state index in [0.717, 1.165) is 18.2 Å². The number of hydrogen-bond acceptors (Lipinski definition) is 4. The quantitative estimate of drug-likeness (QED) is 0.664. The number of morpholine rings is 1. The second-order valence-corrected chi connectivity index (χ2v) is 4.76. The summed E-state index contributed by atoms with van der Waals surface area (Å²) in [6.45, 7) is 4.13. The Bertz CT molecular complexity index is 219. The summed E-state index contributed by atoms with van der Waals surface area (Å²) in [7, 11) is 0. The second-order valence-electron chi connectivity index (χ2n) is 3.73. The molecule has 0 bridgehead atoms. The van der Waals surface area contributed by atoms with Gasteiger partial charge in [-0.1, -0.05) is 0 Å². The normalized spacial score (nSPS) is 33.4. The third-order valence-corrected chi connectivity index (χ3v) is 3.60. The number of rotatable bonds is 1. The molecule has 0 saturated carbocycles. The van der Waals surface area contributed by atoms with Crippen LogP contribution in [0.4, 0.5) is 0 Å². The van der Waals surface area contributed by atoms with Gasteiger partial charge in [0.2, 0.25) is 5.91 Å². The minimum atomic E-state index is 0.0283. The standard InChI is InChI=1S/C9H16N2O2S/c1-7-4-13-3-2-11(7)9(12)8-5-14-6-10-8/h7-8,10H,2-6H2,1H3. The monoisotopic (exact) mass is 216 g/mol. The van der Waals surface area contributed by atoms with Crippen LogP contribution in [-0.4, -0.2) is 54.3 Å². The van der Waals surface area contributed by atoms with E-state index in [1.165, 1.54) is 0 Å². The summed E-state index contributed by atoms with van der Waals surface area (Å²) < 4.78 is 5.31. The van der Waals surface area contributed by atoms with Gasteiger partial charge in [-0.25, -0.2) is 0 Å². The molecule has 2 aliphatic heterocycles. The molecule has 2 fully saturated rings. The zero-order chi connectivity index (χ0) is 9.97. The van der Waals surface area contributed by atoms with Crippen LogP contribution >= 0.6 is 11.8 Å². The van der Waals surface area contributed by atoms with Crippen molar-refractivity contribution in [3.63, 3.8) is 0 Å². The molecule has 0 aromatic carbocycles. The molecule has 0 radical (unpaired) electrons. The SMILES string of the molecule is CC1COCCN1C(=O)C1CSCN1. The first kappa shape index (κ1) is 10.3. The van der Waals surface area contributed by atoms with Crippen LogP contribution in [0.2, 0.25) is 0 Å². The molecule has 1 amide bonds. The molecule has 2 unspecified atom stereocenters. The Balaban J connectivity index is 1.94. The van der Waals surface area contributed by atoms with E-state index in [2.05, 4.69) is 5.32 Å². The number of hydrogen-bond donors (Lipinski definition) is 1. The molecule has 14 heavy (non-hydrogen) atoms. The molecule has 0 aromatic rings. The smallest absolute Gasteiger partial charge is 0.240 e. The van der Waals surface area contributed by atoms with Crippen LogP contribution in [-0.2, 0) is 9.53 Å². The molecule has 2 atom stereocenters. The summed E-state index contributed by atoms with van der Waals surface area (Å²) in [5.41, 5.74) is 0. The third-order valence-electron chi connectivity index (χ3n) is 2.67. The minimum absolute atomic E-state index is 0.0283. The fraction of sp³-hybridized carbons (Fsp3) is 0.889. The Hall–Kier alpha value is -0.260. The van der Waals surface area contributed by atoms with Crippen molar-refractivity contribution in [2.75, 3.05) is 31.4 Å². The predicted octanol–water partition coefficient (Wildman–Crippen LogP) is -0.104.